The molecule has 154 valence electrons. The summed E-state index contributed by atoms with van der Waals surface area (Å²) >= 11 is 5.91. The van der Waals surface area contributed by atoms with Gasteiger partial charge >= 0.3 is 0 Å². The van der Waals surface area contributed by atoms with E-state index in [0.717, 1.165) is 11.1 Å². The first-order valence-electron chi connectivity index (χ1n) is 9.12. The molecule has 7 heteroatoms. The Morgan fingerprint density at radius 1 is 1.00 bits per heavy atom. The number of carbonyl (C=O) groups is 1. The monoisotopic (exact) mass is 424 g/mol. The molecule has 3 aromatic carbocycles. The van der Waals surface area contributed by atoms with Gasteiger partial charge in [0.25, 0.3) is 5.91 Å². The molecule has 0 bridgehead atoms. The molecule has 0 aliphatic rings. The Hall–Kier alpha value is -3.51. The molecule has 0 aliphatic carbocycles. The van der Waals surface area contributed by atoms with Crippen LogP contribution in [0.5, 0.6) is 17.2 Å². The SMILES string of the molecule is COc1cc(OC)cc(C(=O)N/N=C\c2ccccc2OCc2ccc(Cl)cc2)c1. The van der Waals surface area contributed by atoms with E-state index in [9.17, 15) is 4.79 Å². The summed E-state index contributed by atoms with van der Waals surface area (Å²) < 4.78 is 16.3. The van der Waals surface area contributed by atoms with Crippen LogP contribution in [0, 0.1) is 0 Å². The van der Waals surface area contributed by atoms with Crippen LogP contribution < -0.4 is 19.6 Å². The maximum atomic E-state index is 12.4. The number of rotatable bonds is 8. The zero-order valence-electron chi connectivity index (χ0n) is 16.6. The van der Waals surface area contributed by atoms with E-state index in [1.807, 2.05) is 48.5 Å². The molecule has 0 aliphatic heterocycles. The number of carbonyl (C=O) groups excluding carboxylic acids is 1. The Morgan fingerprint density at radius 3 is 2.33 bits per heavy atom. The topological polar surface area (TPSA) is 69.2 Å². The predicted octanol–water partition coefficient (Wildman–Crippen LogP) is 4.70. The molecule has 0 unspecified atom stereocenters. The molecule has 0 saturated heterocycles. The molecule has 0 saturated carbocycles. The Kier molecular flexibility index (Phi) is 7.29. The third-order valence-electron chi connectivity index (χ3n) is 4.21. The molecule has 1 amide bonds. The summed E-state index contributed by atoms with van der Waals surface area (Å²) in [5.41, 5.74) is 4.60. The van der Waals surface area contributed by atoms with E-state index >= 15 is 0 Å². The van der Waals surface area contributed by atoms with E-state index < -0.39 is 0 Å². The van der Waals surface area contributed by atoms with Crippen molar-refractivity contribution in [3.8, 4) is 17.2 Å². The number of halogens is 1. The molecule has 30 heavy (non-hydrogen) atoms. The number of para-hydroxylation sites is 1. The molecule has 6 nitrogen and oxygen atoms in total. The number of hydrogen-bond acceptors (Lipinski definition) is 5. The fourth-order valence-electron chi connectivity index (χ4n) is 2.62. The van der Waals surface area contributed by atoms with E-state index in [0.29, 0.717) is 34.4 Å². The summed E-state index contributed by atoms with van der Waals surface area (Å²) in [6, 6.07) is 19.8. The molecule has 0 aromatic heterocycles. The molecule has 0 atom stereocenters. The van der Waals surface area contributed by atoms with E-state index in [2.05, 4.69) is 10.5 Å². The number of nitrogens with zero attached hydrogens (tertiary/aromatic N) is 1. The minimum absolute atomic E-state index is 0.371. The van der Waals surface area contributed by atoms with Crippen LogP contribution in [0.3, 0.4) is 0 Å². The lowest BCUT2D eigenvalue weighted by Crippen LogP contribution is -2.17. The minimum atomic E-state index is -0.386. The van der Waals surface area contributed by atoms with Gasteiger partial charge in [-0.05, 0) is 42.0 Å². The summed E-state index contributed by atoms with van der Waals surface area (Å²) in [6.07, 6.45) is 1.53. The molecular weight excluding hydrogens is 404 g/mol. The highest BCUT2D eigenvalue weighted by Gasteiger charge is 2.09. The first-order chi connectivity index (χ1) is 14.6. The lowest BCUT2D eigenvalue weighted by molar-refractivity contribution is 0.0954. The third kappa shape index (κ3) is 5.75. The van der Waals surface area contributed by atoms with Gasteiger partial charge in [-0.2, -0.15) is 5.10 Å². The van der Waals surface area contributed by atoms with Crippen LogP contribution in [0.2, 0.25) is 5.02 Å². The quantitative estimate of drug-likeness (QED) is 0.420. The van der Waals surface area contributed by atoms with E-state index in [-0.39, 0.29) is 5.91 Å². The van der Waals surface area contributed by atoms with Crippen LogP contribution in [0.25, 0.3) is 0 Å². The van der Waals surface area contributed by atoms with Crippen molar-refractivity contribution in [2.75, 3.05) is 14.2 Å². The van der Waals surface area contributed by atoms with Crippen molar-refractivity contribution in [2.45, 2.75) is 6.61 Å². The molecular formula is C23H21ClN2O4. The lowest BCUT2D eigenvalue weighted by Gasteiger charge is -2.09. The van der Waals surface area contributed by atoms with Gasteiger partial charge in [-0.25, -0.2) is 5.43 Å². The van der Waals surface area contributed by atoms with Gasteiger partial charge in [0.1, 0.15) is 23.9 Å². The van der Waals surface area contributed by atoms with Crippen LogP contribution in [-0.4, -0.2) is 26.3 Å². The second kappa shape index (κ2) is 10.3. The first kappa shape index (κ1) is 21.2. The fraction of sp³-hybridized carbons (Fsp3) is 0.130. The largest absolute Gasteiger partial charge is 0.497 e. The maximum Gasteiger partial charge on any atom is 0.271 e. The van der Waals surface area contributed by atoms with Gasteiger partial charge < -0.3 is 14.2 Å². The van der Waals surface area contributed by atoms with Gasteiger partial charge in [-0.1, -0.05) is 35.9 Å². The number of ether oxygens (including phenoxy) is 3. The Labute approximate surface area is 180 Å². The van der Waals surface area contributed by atoms with Crippen LogP contribution in [0.4, 0.5) is 0 Å². The average molecular weight is 425 g/mol. The second-order valence-corrected chi connectivity index (χ2v) is 6.69. The predicted molar refractivity (Wildman–Crippen MR) is 117 cm³/mol. The standard InChI is InChI=1S/C23H21ClN2O4/c1-28-20-11-18(12-21(13-20)29-2)23(27)26-25-14-17-5-3-4-6-22(17)30-15-16-7-9-19(24)10-8-16/h3-14H,15H2,1-2H3,(H,26,27)/b25-14-. The van der Waals surface area contributed by atoms with Gasteiger partial charge in [0.05, 0.1) is 20.4 Å². The van der Waals surface area contributed by atoms with E-state index in [4.69, 9.17) is 25.8 Å². The average Bonchev–Trinajstić information content (AvgIpc) is 2.79. The van der Waals surface area contributed by atoms with E-state index in [1.54, 1.807) is 18.2 Å². The van der Waals surface area contributed by atoms with Gasteiger partial charge in [0.15, 0.2) is 0 Å². The normalized spacial score (nSPS) is 10.6. The summed E-state index contributed by atoms with van der Waals surface area (Å²) in [5.74, 6) is 1.30. The maximum absolute atomic E-state index is 12.4. The Morgan fingerprint density at radius 2 is 1.67 bits per heavy atom. The zero-order chi connectivity index (χ0) is 21.3. The van der Waals surface area contributed by atoms with Crippen molar-refractivity contribution < 1.29 is 19.0 Å². The summed E-state index contributed by atoms with van der Waals surface area (Å²) in [4.78, 5) is 12.4. The number of hydrogen-bond donors (Lipinski definition) is 1. The third-order valence-corrected chi connectivity index (χ3v) is 4.46. The Bertz CT molecular complexity index is 1010. The smallest absolute Gasteiger partial charge is 0.271 e. The van der Waals surface area contributed by atoms with Crippen molar-refractivity contribution in [1.29, 1.82) is 0 Å². The van der Waals surface area contributed by atoms with Gasteiger partial charge in [0.2, 0.25) is 0 Å². The zero-order valence-corrected chi connectivity index (χ0v) is 17.3. The van der Waals surface area contributed by atoms with Crippen molar-refractivity contribution in [3.05, 3.63) is 88.4 Å². The van der Waals surface area contributed by atoms with Crippen LogP contribution >= 0.6 is 11.6 Å². The number of amides is 1. The number of hydrazone groups is 1. The van der Waals surface area contributed by atoms with Crippen molar-refractivity contribution in [1.82, 2.24) is 5.43 Å². The fourth-order valence-corrected chi connectivity index (χ4v) is 2.75. The van der Waals surface area contributed by atoms with Crippen LogP contribution in [0.15, 0.2) is 71.8 Å². The molecule has 0 spiro atoms. The molecule has 3 aromatic rings. The minimum Gasteiger partial charge on any atom is -0.497 e. The van der Waals surface area contributed by atoms with Crippen molar-refractivity contribution >= 4 is 23.7 Å². The molecule has 0 heterocycles. The Balaban J connectivity index is 1.66. The molecule has 3 rings (SSSR count). The highest BCUT2D eigenvalue weighted by Crippen LogP contribution is 2.22. The van der Waals surface area contributed by atoms with Crippen molar-refractivity contribution in [2.24, 2.45) is 5.10 Å². The van der Waals surface area contributed by atoms with E-state index in [1.165, 1.54) is 20.4 Å². The van der Waals surface area contributed by atoms with Gasteiger partial charge in [-0.15, -0.1) is 0 Å². The van der Waals surface area contributed by atoms with Crippen LogP contribution in [0.1, 0.15) is 21.5 Å². The lowest BCUT2D eigenvalue weighted by atomic mass is 10.2. The van der Waals surface area contributed by atoms with Crippen molar-refractivity contribution in [3.63, 3.8) is 0 Å². The summed E-state index contributed by atoms with van der Waals surface area (Å²) in [7, 11) is 3.05. The second-order valence-electron chi connectivity index (χ2n) is 6.25. The number of nitrogens with one attached hydrogen (secondary N) is 1. The molecule has 0 radical (unpaired) electrons. The molecule has 0 fully saturated rings. The number of benzene rings is 3. The summed E-state index contributed by atoms with van der Waals surface area (Å²) in [5, 5.41) is 4.73. The highest BCUT2D eigenvalue weighted by molar-refractivity contribution is 6.30. The van der Waals surface area contributed by atoms with Crippen LogP contribution in [-0.2, 0) is 6.61 Å². The molecule has 1 N–H and O–H groups in total. The first-order valence-corrected chi connectivity index (χ1v) is 9.49. The number of methoxy groups -OCH3 is 2. The van der Waals surface area contributed by atoms with Gasteiger partial charge in [0, 0.05) is 22.2 Å². The highest BCUT2D eigenvalue weighted by atomic mass is 35.5. The summed E-state index contributed by atoms with van der Waals surface area (Å²) in [6.45, 7) is 0.387. The van der Waals surface area contributed by atoms with Gasteiger partial charge in [-0.3, -0.25) is 4.79 Å².